The van der Waals surface area contributed by atoms with Crippen LogP contribution < -0.4 is 11.5 Å². The van der Waals surface area contributed by atoms with Gasteiger partial charge in [0.15, 0.2) is 0 Å². The number of aryl methyl sites for hydroxylation is 1. The van der Waals surface area contributed by atoms with E-state index in [0.717, 1.165) is 11.1 Å². The van der Waals surface area contributed by atoms with E-state index in [9.17, 15) is 0 Å². The Balaban J connectivity index is 3.13. The minimum atomic E-state index is 0.596. The molecule has 0 saturated heterocycles. The molecule has 0 spiro atoms. The highest BCUT2D eigenvalue weighted by Gasteiger charge is 1.99. The third-order valence-electron chi connectivity index (χ3n) is 1.72. The molecule has 13 heavy (non-hydrogen) atoms. The largest absolute Gasteiger partial charge is 0.397 e. The van der Waals surface area contributed by atoms with Crippen LogP contribution >= 0.6 is 15.9 Å². The van der Waals surface area contributed by atoms with Gasteiger partial charge in [-0.25, -0.2) is 0 Å². The van der Waals surface area contributed by atoms with Gasteiger partial charge in [0.05, 0.1) is 16.7 Å². The molecule has 3 heteroatoms. The average Bonchev–Trinajstić information content (AvgIpc) is 2.10. The molecule has 0 unspecified atom stereocenters. The Morgan fingerprint density at radius 3 is 2.62 bits per heavy atom. The van der Waals surface area contributed by atoms with Crippen LogP contribution in [0.3, 0.4) is 0 Å². The first-order valence-electron chi connectivity index (χ1n) is 3.85. The summed E-state index contributed by atoms with van der Waals surface area (Å²) < 4.78 is 0. The van der Waals surface area contributed by atoms with Gasteiger partial charge in [-0.15, -0.1) is 0 Å². The number of rotatable bonds is 0. The van der Waals surface area contributed by atoms with Crippen LogP contribution in [-0.4, -0.2) is 5.33 Å². The zero-order valence-electron chi connectivity index (χ0n) is 7.39. The minimum absolute atomic E-state index is 0.596. The van der Waals surface area contributed by atoms with Gasteiger partial charge >= 0.3 is 0 Å². The van der Waals surface area contributed by atoms with Gasteiger partial charge in [-0.3, -0.25) is 0 Å². The topological polar surface area (TPSA) is 52.0 Å². The van der Waals surface area contributed by atoms with Crippen LogP contribution in [0.1, 0.15) is 11.1 Å². The van der Waals surface area contributed by atoms with Crippen LogP contribution in [0.15, 0.2) is 12.1 Å². The molecule has 0 amide bonds. The lowest BCUT2D eigenvalue weighted by Gasteiger charge is -2.04. The highest BCUT2D eigenvalue weighted by atomic mass is 79.9. The molecule has 0 aliphatic carbocycles. The summed E-state index contributed by atoms with van der Waals surface area (Å²) in [5, 5.41) is 0.663. The van der Waals surface area contributed by atoms with Gasteiger partial charge < -0.3 is 11.5 Å². The molecule has 0 saturated carbocycles. The van der Waals surface area contributed by atoms with Crippen LogP contribution in [0.25, 0.3) is 0 Å². The smallest absolute Gasteiger partial charge is 0.0649 e. The van der Waals surface area contributed by atoms with Crippen LogP contribution in [0, 0.1) is 18.8 Å². The highest BCUT2D eigenvalue weighted by Crippen LogP contribution is 2.20. The number of hydrogen-bond donors (Lipinski definition) is 2. The van der Waals surface area contributed by atoms with Crippen molar-refractivity contribution < 1.29 is 0 Å². The lowest BCUT2D eigenvalue weighted by atomic mass is 10.1. The first-order chi connectivity index (χ1) is 6.15. The Morgan fingerprint density at radius 1 is 1.38 bits per heavy atom. The van der Waals surface area contributed by atoms with Crippen molar-refractivity contribution in [3.63, 3.8) is 0 Å². The van der Waals surface area contributed by atoms with Crippen LogP contribution in [0.4, 0.5) is 11.4 Å². The monoisotopic (exact) mass is 238 g/mol. The van der Waals surface area contributed by atoms with Crippen LogP contribution in [0.2, 0.25) is 0 Å². The summed E-state index contributed by atoms with van der Waals surface area (Å²) in [5.41, 5.74) is 14.5. The Kier molecular flexibility index (Phi) is 3.21. The zero-order chi connectivity index (χ0) is 9.84. The van der Waals surface area contributed by atoms with Gasteiger partial charge in [-0.2, -0.15) is 0 Å². The van der Waals surface area contributed by atoms with Gasteiger partial charge in [0, 0.05) is 5.56 Å². The van der Waals surface area contributed by atoms with E-state index in [4.69, 9.17) is 11.5 Å². The normalized spacial score (nSPS) is 9.08. The maximum Gasteiger partial charge on any atom is 0.0649 e. The second kappa shape index (κ2) is 4.20. The predicted octanol–water partition coefficient (Wildman–Crippen LogP) is 1.91. The van der Waals surface area contributed by atoms with Crippen molar-refractivity contribution in [1.82, 2.24) is 0 Å². The Morgan fingerprint density at radius 2 is 2.08 bits per heavy atom. The van der Waals surface area contributed by atoms with Crippen LogP contribution in [0.5, 0.6) is 0 Å². The van der Waals surface area contributed by atoms with Gasteiger partial charge in [0.25, 0.3) is 0 Å². The fourth-order valence-electron chi connectivity index (χ4n) is 1.03. The first kappa shape index (κ1) is 9.94. The number of nitrogens with two attached hydrogens (primary N) is 2. The van der Waals surface area contributed by atoms with E-state index in [1.54, 1.807) is 6.07 Å². The zero-order valence-corrected chi connectivity index (χ0v) is 8.98. The Labute approximate surface area is 86.4 Å². The molecule has 0 aliphatic heterocycles. The van der Waals surface area contributed by atoms with Gasteiger partial charge in [0.1, 0.15) is 0 Å². The van der Waals surface area contributed by atoms with Crippen molar-refractivity contribution in [2.75, 3.05) is 16.8 Å². The van der Waals surface area contributed by atoms with Gasteiger partial charge in [-0.05, 0) is 24.6 Å². The fraction of sp³-hybridized carbons (Fsp3) is 0.200. The third-order valence-corrected chi connectivity index (χ3v) is 2.00. The van der Waals surface area contributed by atoms with Crippen LogP contribution in [-0.2, 0) is 0 Å². The fourth-order valence-corrected chi connectivity index (χ4v) is 1.17. The van der Waals surface area contributed by atoms with E-state index in [1.165, 1.54) is 0 Å². The molecule has 1 aromatic carbocycles. The molecule has 68 valence electrons. The number of halogens is 1. The SMILES string of the molecule is Cc1cc(C#CCBr)cc(N)c1N. The minimum Gasteiger partial charge on any atom is -0.397 e. The molecular formula is C10H11BrN2. The van der Waals surface area contributed by atoms with Gasteiger partial charge in [0.2, 0.25) is 0 Å². The second-order valence-electron chi connectivity index (χ2n) is 2.73. The highest BCUT2D eigenvalue weighted by molar-refractivity contribution is 9.09. The van der Waals surface area contributed by atoms with E-state index in [-0.39, 0.29) is 0 Å². The summed E-state index contributed by atoms with van der Waals surface area (Å²) in [4.78, 5) is 0. The van der Waals surface area contributed by atoms with E-state index in [1.807, 2.05) is 13.0 Å². The molecule has 0 aromatic heterocycles. The van der Waals surface area contributed by atoms with Crippen molar-refractivity contribution >= 4 is 27.3 Å². The molecule has 0 bridgehead atoms. The predicted molar refractivity (Wildman–Crippen MR) is 60.7 cm³/mol. The van der Waals surface area contributed by atoms with E-state index in [2.05, 4.69) is 27.8 Å². The summed E-state index contributed by atoms with van der Waals surface area (Å²) in [7, 11) is 0. The molecule has 1 aromatic rings. The van der Waals surface area contributed by atoms with E-state index >= 15 is 0 Å². The number of alkyl halides is 1. The summed E-state index contributed by atoms with van der Waals surface area (Å²) in [5.74, 6) is 5.88. The van der Waals surface area contributed by atoms with E-state index in [0.29, 0.717) is 16.7 Å². The van der Waals surface area contributed by atoms with E-state index < -0.39 is 0 Å². The number of nitrogen functional groups attached to an aromatic ring is 2. The molecule has 0 aliphatic rings. The molecular weight excluding hydrogens is 228 g/mol. The number of benzene rings is 1. The van der Waals surface area contributed by atoms with Crippen molar-refractivity contribution in [2.45, 2.75) is 6.92 Å². The molecule has 0 fully saturated rings. The molecule has 0 radical (unpaired) electrons. The lowest BCUT2D eigenvalue weighted by Crippen LogP contribution is -1.97. The average molecular weight is 239 g/mol. The Bertz CT molecular complexity index is 351. The second-order valence-corrected chi connectivity index (χ2v) is 3.29. The standard InChI is InChI=1S/C10H11BrN2/c1-7-5-8(3-2-4-11)6-9(12)10(7)13/h5-6H,4,12-13H2,1H3. The van der Waals surface area contributed by atoms with Crippen molar-refractivity contribution in [1.29, 1.82) is 0 Å². The summed E-state index contributed by atoms with van der Waals surface area (Å²) in [6.07, 6.45) is 0. The quantitative estimate of drug-likeness (QED) is 0.412. The van der Waals surface area contributed by atoms with Crippen molar-refractivity contribution in [3.8, 4) is 11.8 Å². The summed E-state index contributed by atoms with van der Waals surface area (Å²) in [6.45, 7) is 1.92. The third kappa shape index (κ3) is 2.40. The molecule has 0 heterocycles. The molecule has 2 nitrogen and oxygen atoms in total. The number of hydrogen-bond acceptors (Lipinski definition) is 2. The summed E-state index contributed by atoms with van der Waals surface area (Å²) >= 11 is 3.23. The maximum absolute atomic E-state index is 5.70. The number of anilines is 2. The molecule has 4 N–H and O–H groups in total. The van der Waals surface area contributed by atoms with Crippen molar-refractivity contribution in [2.24, 2.45) is 0 Å². The van der Waals surface area contributed by atoms with Gasteiger partial charge in [-0.1, -0.05) is 27.8 Å². The molecule has 1 rings (SSSR count). The summed E-state index contributed by atoms with van der Waals surface area (Å²) in [6, 6.07) is 3.72. The Hall–Kier alpha value is -1.14. The molecule has 0 atom stereocenters. The lowest BCUT2D eigenvalue weighted by molar-refractivity contribution is 1.45. The first-order valence-corrected chi connectivity index (χ1v) is 4.97. The maximum atomic E-state index is 5.70. The van der Waals surface area contributed by atoms with Crippen molar-refractivity contribution in [3.05, 3.63) is 23.3 Å².